The Labute approximate surface area is 165 Å². The summed E-state index contributed by atoms with van der Waals surface area (Å²) >= 11 is 8.84. The Morgan fingerprint density at radius 2 is 1.88 bits per heavy atom. The zero-order valence-electron chi connectivity index (χ0n) is 14.1. The molecule has 1 aromatic heterocycles. The van der Waals surface area contributed by atoms with Gasteiger partial charge in [0.1, 0.15) is 5.82 Å². The van der Waals surface area contributed by atoms with Crippen molar-refractivity contribution in [3.05, 3.63) is 82.2 Å². The van der Waals surface area contributed by atoms with Crippen LogP contribution in [0.2, 0.25) is 0 Å². The van der Waals surface area contributed by atoms with E-state index in [9.17, 15) is 4.39 Å². The predicted octanol–water partition coefficient (Wildman–Crippen LogP) is 4.88. The van der Waals surface area contributed by atoms with Crippen molar-refractivity contribution in [2.75, 3.05) is 5.32 Å². The SMILES string of the molecule is CC(NC(=S)Nc1nn(Cc2ccccc2F)cc1Br)c1ccccc1. The summed E-state index contributed by atoms with van der Waals surface area (Å²) in [6.45, 7) is 2.38. The van der Waals surface area contributed by atoms with Crippen molar-refractivity contribution in [2.24, 2.45) is 0 Å². The second-order valence-corrected chi connectivity index (χ2v) is 7.11. The molecule has 0 spiro atoms. The van der Waals surface area contributed by atoms with E-state index in [2.05, 4.69) is 31.7 Å². The summed E-state index contributed by atoms with van der Waals surface area (Å²) in [6, 6.07) is 16.8. The average molecular weight is 433 g/mol. The number of thiocarbonyl (C=S) groups is 1. The lowest BCUT2D eigenvalue weighted by Crippen LogP contribution is -2.31. The van der Waals surface area contributed by atoms with Gasteiger partial charge in [0.05, 0.1) is 17.1 Å². The highest BCUT2D eigenvalue weighted by molar-refractivity contribution is 9.10. The molecule has 0 fully saturated rings. The Hall–Kier alpha value is -2.25. The van der Waals surface area contributed by atoms with E-state index in [1.54, 1.807) is 29.1 Å². The summed E-state index contributed by atoms with van der Waals surface area (Å²) in [7, 11) is 0. The Morgan fingerprint density at radius 1 is 1.19 bits per heavy atom. The molecular formula is C19H18BrFN4S. The Kier molecular flexibility index (Phi) is 6.00. The van der Waals surface area contributed by atoms with Crippen LogP contribution in [-0.4, -0.2) is 14.9 Å². The highest BCUT2D eigenvalue weighted by atomic mass is 79.9. The minimum Gasteiger partial charge on any atom is -0.356 e. The third-order valence-electron chi connectivity index (χ3n) is 3.89. The number of hydrogen-bond donors (Lipinski definition) is 2. The number of nitrogens with one attached hydrogen (secondary N) is 2. The lowest BCUT2D eigenvalue weighted by molar-refractivity contribution is 0.585. The summed E-state index contributed by atoms with van der Waals surface area (Å²) in [4.78, 5) is 0. The normalized spacial score (nSPS) is 11.8. The predicted molar refractivity (Wildman–Crippen MR) is 110 cm³/mol. The molecule has 1 heterocycles. The van der Waals surface area contributed by atoms with Gasteiger partial charge < -0.3 is 10.6 Å². The van der Waals surface area contributed by atoms with Gasteiger partial charge in [-0.05, 0) is 46.7 Å². The maximum atomic E-state index is 13.8. The van der Waals surface area contributed by atoms with Crippen LogP contribution in [-0.2, 0) is 6.54 Å². The molecule has 3 rings (SSSR count). The van der Waals surface area contributed by atoms with E-state index in [1.165, 1.54) is 6.07 Å². The molecule has 3 aromatic rings. The minimum atomic E-state index is -0.248. The summed E-state index contributed by atoms with van der Waals surface area (Å²) in [5.41, 5.74) is 1.72. The van der Waals surface area contributed by atoms with Crippen LogP contribution in [0.5, 0.6) is 0 Å². The van der Waals surface area contributed by atoms with E-state index in [4.69, 9.17) is 12.2 Å². The molecule has 2 aromatic carbocycles. The molecule has 0 amide bonds. The van der Waals surface area contributed by atoms with Crippen molar-refractivity contribution in [3.63, 3.8) is 0 Å². The fourth-order valence-electron chi connectivity index (χ4n) is 2.53. The molecule has 0 aliphatic carbocycles. The average Bonchev–Trinajstić information content (AvgIpc) is 2.96. The van der Waals surface area contributed by atoms with Crippen LogP contribution in [0.15, 0.2) is 65.3 Å². The topological polar surface area (TPSA) is 41.9 Å². The zero-order valence-corrected chi connectivity index (χ0v) is 16.5. The third kappa shape index (κ3) is 4.68. The first kappa shape index (κ1) is 18.5. The summed E-state index contributed by atoms with van der Waals surface area (Å²) in [6.07, 6.45) is 1.79. The van der Waals surface area contributed by atoms with Gasteiger partial charge in [-0.3, -0.25) is 4.68 Å². The number of benzene rings is 2. The maximum absolute atomic E-state index is 13.8. The van der Waals surface area contributed by atoms with Gasteiger partial charge in [-0.2, -0.15) is 5.10 Å². The fraction of sp³-hybridized carbons (Fsp3) is 0.158. The smallest absolute Gasteiger partial charge is 0.172 e. The van der Waals surface area contributed by atoms with E-state index < -0.39 is 0 Å². The molecule has 0 saturated carbocycles. The fourth-order valence-corrected chi connectivity index (χ4v) is 3.22. The highest BCUT2D eigenvalue weighted by Gasteiger charge is 2.12. The first-order chi connectivity index (χ1) is 12.5. The van der Waals surface area contributed by atoms with Crippen LogP contribution in [0.25, 0.3) is 0 Å². The molecule has 26 heavy (non-hydrogen) atoms. The second kappa shape index (κ2) is 8.42. The Balaban J connectivity index is 1.64. The van der Waals surface area contributed by atoms with Crippen molar-refractivity contribution >= 4 is 39.1 Å². The number of nitrogens with zero attached hydrogens (tertiary/aromatic N) is 2. The highest BCUT2D eigenvalue weighted by Crippen LogP contribution is 2.21. The second-order valence-electron chi connectivity index (χ2n) is 5.85. The van der Waals surface area contributed by atoms with Crippen molar-refractivity contribution < 1.29 is 4.39 Å². The first-order valence-electron chi connectivity index (χ1n) is 8.12. The largest absolute Gasteiger partial charge is 0.356 e. The van der Waals surface area contributed by atoms with E-state index in [0.717, 1.165) is 10.0 Å². The molecule has 2 N–H and O–H groups in total. The molecule has 0 saturated heterocycles. The molecule has 4 nitrogen and oxygen atoms in total. The third-order valence-corrected chi connectivity index (χ3v) is 4.69. The van der Waals surface area contributed by atoms with Crippen LogP contribution < -0.4 is 10.6 Å². The lowest BCUT2D eigenvalue weighted by atomic mass is 10.1. The van der Waals surface area contributed by atoms with E-state index in [1.807, 2.05) is 37.3 Å². The number of anilines is 1. The van der Waals surface area contributed by atoms with Crippen molar-refractivity contribution in [1.29, 1.82) is 0 Å². The van der Waals surface area contributed by atoms with Gasteiger partial charge in [0.2, 0.25) is 0 Å². The zero-order chi connectivity index (χ0) is 18.5. The van der Waals surface area contributed by atoms with Gasteiger partial charge in [0, 0.05) is 11.8 Å². The van der Waals surface area contributed by atoms with Gasteiger partial charge in [0.25, 0.3) is 0 Å². The summed E-state index contributed by atoms with van der Waals surface area (Å²) in [5.74, 6) is 0.335. The first-order valence-corrected chi connectivity index (χ1v) is 9.32. The lowest BCUT2D eigenvalue weighted by Gasteiger charge is -2.16. The minimum absolute atomic E-state index is 0.0653. The van der Waals surface area contributed by atoms with Crippen molar-refractivity contribution in [3.8, 4) is 0 Å². The standard InChI is InChI=1S/C19H18BrFN4S/c1-13(14-7-3-2-4-8-14)22-19(26)23-18-16(20)12-25(24-18)11-15-9-5-6-10-17(15)21/h2-10,12-13H,11H2,1H3,(H2,22,23,24,26). The van der Waals surface area contributed by atoms with Gasteiger partial charge in [-0.1, -0.05) is 48.5 Å². The molecule has 0 aliphatic rings. The number of rotatable bonds is 5. The summed E-state index contributed by atoms with van der Waals surface area (Å²) in [5, 5.41) is 11.2. The van der Waals surface area contributed by atoms with Crippen molar-refractivity contribution in [1.82, 2.24) is 15.1 Å². The molecular weight excluding hydrogens is 415 g/mol. The van der Waals surface area contributed by atoms with Crippen LogP contribution in [0.1, 0.15) is 24.1 Å². The van der Waals surface area contributed by atoms with E-state index >= 15 is 0 Å². The number of hydrogen-bond acceptors (Lipinski definition) is 2. The Morgan fingerprint density at radius 3 is 2.62 bits per heavy atom. The van der Waals surface area contributed by atoms with Crippen LogP contribution in [0.4, 0.5) is 10.2 Å². The van der Waals surface area contributed by atoms with E-state index in [0.29, 0.717) is 23.0 Å². The summed E-state index contributed by atoms with van der Waals surface area (Å²) < 4.78 is 16.2. The van der Waals surface area contributed by atoms with Gasteiger partial charge in [-0.15, -0.1) is 0 Å². The van der Waals surface area contributed by atoms with Gasteiger partial charge >= 0.3 is 0 Å². The molecule has 0 bridgehead atoms. The molecule has 134 valence electrons. The van der Waals surface area contributed by atoms with Gasteiger partial charge in [-0.25, -0.2) is 4.39 Å². The molecule has 1 unspecified atom stereocenters. The number of halogens is 2. The quantitative estimate of drug-likeness (QED) is 0.563. The van der Waals surface area contributed by atoms with Crippen LogP contribution in [0.3, 0.4) is 0 Å². The van der Waals surface area contributed by atoms with Crippen LogP contribution in [0, 0.1) is 5.82 Å². The number of aromatic nitrogens is 2. The molecule has 0 radical (unpaired) electrons. The maximum Gasteiger partial charge on any atom is 0.172 e. The van der Waals surface area contributed by atoms with Crippen molar-refractivity contribution in [2.45, 2.75) is 19.5 Å². The molecule has 7 heteroatoms. The monoisotopic (exact) mass is 432 g/mol. The molecule has 0 aliphatic heterocycles. The molecule has 1 atom stereocenters. The Bertz CT molecular complexity index is 898. The van der Waals surface area contributed by atoms with Crippen LogP contribution >= 0.6 is 28.1 Å². The van der Waals surface area contributed by atoms with E-state index in [-0.39, 0.29) is 11.9 Å². The van der Waals surface area contributed by atoms with Gasteiger partial charge in [0.15, 0.2) is 10.9 Å².